The van der Waals surface area contributed by atoms with Crippen LogP contribution in [0, 0.1) is 46.3 Å². The molecule has 4 saturated carbocycles. The van der Waals surface area contributed by atoms with E-state index in [-0.39, 0.29) is 11.3 Å². The summed E-state index contributed by atoms with van der Waals surface area (Å²) in [4.78, 5) is 20.7. The van der Waals surface area contributed by atoms with Crippen molar-refractivity contribution in [2.75, 3.05) is 7.11 Å². The van der Waals surface area contributed by atoms with Crippen LogP contribution in [-0.4, -0.2) is 34.3 Å². The van der Waals surface area contributed by atoms with Crippen molar-refractivity contribution in [3.63, 3.8) is 0 Å². The Kier molecular flexibility index (Phi) is 5.57. The summed E-state index contributed by atoms with van der Waals surface area (Å²) in [5, 5.41) is 10.3. The van der Waals surface area contributed by atoms with Crippen molar-refractivity contribution < 1.29 is 14.6 Å². The van der Waals surface area contributed by atoms with Gasteiger partial charge in [0.25, 0.3) is 0 Å². The van der Waals surface area contributed by atoms with Gasteiger partial charge in [-0.2, -0.15) is 0 Å². The first kappa shape index (κ1) is 21.6. The molecule has 1 unspecified atom stereocenters. The highest BCUT2D eigenvalue weighted by atomic mass is 16.6. The van der Waals surface area contributed by atoms with Crippen LogP contribution in [0.2, 0.25) is 0 Å². The molecule has 0 aromatic carbocycles. The zero-order valence-electron chi connectivity index (χ0n) is 19.5. The van der Waals surface area contributed by atoms with Crippen LogP contribution in [0.3, 0.4) is 0 Å². The van der Waals surface area contributed by atoms with E-state index in [4.69, 9.17) is 4.74 Å². The highest BCUT2D eigenvalue weighted by Crippen LogP contribution is 2.68. The number of carbonyl (C=O) groups excluding carboxylic acids is 1. The van der Waals surface area contributed by atoms with Gasteiger partial charge in [0, 0.05) is 31.3 Å². The third-order valence-electron chi connectivity index (χ3n) is 10.6. The van der Waals surface area contributed by atoms with Gasteiger partial charge in [-0.25, -0.2) is 4.98 Å². The molecule has 1 aromatic rings. The molecule has 0 spiro atoms. The largest absolute Gasteiger partial charge is 0.368 e. The Morgan fingerprint density at radius 2 is 1.94 bits per heavy atom. The number of hydrogen-bond donors (Lipinski definition) is 2. The van der Waals surface area contributed by atoms with Crippen molar-refractivity contribution >= 4 is 5.78 Å². The number of methoxy groups -OCH3 is 1. The topological polar surface area (TPSA) is 75.2 Å². The first-order valence-corrected chi connectivity index (χ1v) is 12.6. The third-order valence-corrected chi connectivity index (χ3v) is 10.6. The van der Waals surface area contributed by atoms with Crippen LogP contribution in [-0.2, 0) is 16.0 Å². The monoisotopic (exact) mass is 428 g/mol. The second-order valence-electron chi connectivity index (χ2n) is 11.7. The summed E-state index contributed by atoms with van der Waals surface area (Å²) in [5.41, 5.74) is 0.557. The Morgan fingerprint density at radius 1 is 1.16 bits per heavy atom. The Labute approximate surface area is 186 Å². The summed E-state index contributed by atoms with van der Waals surface area (Å²) in [5.74, 6) is 4.65. The van der Waals surface area contributed by atoms with E-state index in [0.29, 0.717) is 35.4 Å². The second-order valence-corrected chi connectivity index (χ2v) is 11.7. The van der Waals surface area contributed by atoms with Crippen molar-refractivity contribution in [2.24, 2.45) is 46.3 Å². The van der Waals surface area contributed by atoms with Gasteiger partial charge in [0.05, 0.1) is 6.42 Å². The van der Waals surface area contributed by atoms with E-state index < -0.39 is 6.29 Å². The van der Waals surface area contributed by atoms with Crippen molar-refractivity contribution in [3.05, 3.63) is 18.2 Å². The van der Waals surface area contributed by atoms with E-state index in [9.17, 15) is 9.90 Å². The molecule has 0 bridgehead atoms. The molecule has 1 aromatic heterocycles. The van der Waals surface area contributed by atoms with Gasteiger partial charge in [-0.3, -0.25) is 4.79 Å². The predicted octanol–water partition coefficient (Wildman–Crippen LogP) is 4.76. The number of nitrogens with one attached hydrogen (secondary N) is 1. The number of aliphatic hydroxyl groups excluding tert-OH is 1. The number of carbonyl (C=O) groups is 1. The van der Waals surface area contributed by atoms with E-state index in [1.165, 1.54) is 38.5 Å². The summed E-state index contributed by atoms with van der Waals surface area (Å²) in [6.45, 7) is 4.99. The molecule has 1 heterocycles. The predicted molar refractivity (Wildman–Crippen MR) is 119 cm³/mol. The van der Waals surface area contributed by atoms with Crippen LogP contribution in [0.15, 0.2) is 12.4 Å². The molecule has 2 N–H and O–H groups in total. The molecule has 5 nitrogen and oxygen atoms in total. The number of hydrogen-bond acceptors (Lipinski definition) is 4. The van der Waals surface area contributed by atoms with Crippen molar-refractivity contribution in [3.8, 4) is 0 Å². The molecule has 172 valence electrons. The van der Waals surface area contributed by atoms with E-state index in [1.807, 2.05) is 6.20 Å². The van der Waals surface area contributed by atoms with Crippen LogP contribution >= 0.6 is 0 Å². The second kappa shape index (κ2) is 7.98. The molecule has 9 atom stereocenters. The quantitative estimate of drug-likeness (QED) is 0.663. The van der Waals surface area contributed by atoms with Crippen molar-refractivity contribution in [1.29, 1.82) is 0 Å². The number of ether oxygens (including phenoxy) is 1. The standard InChI is InChI=1S/C26H40N2O3/c1-25-10-8-16(24(30)31-3)14-17(25)4-5-18-19-6-7-21(26(19,2)11-9-20(18)25)22(29)15-23-27-12-13-28-23/h12-13,16-21,24,30H,4-11,14-15H2,1-3H3,(H,27,28)/t16-,17+,18-,19-,20-,21+,24?,25-,26-/m0/s1. The minimum Gasteiger partial charge on any atom is -0.368 e. The van der Waals surface area contributed by atoms with Crippen LogP contribution in [0.1, 0.15) is 77.5 Å². The number of aliphatic hydroxyl groups is 1. The average molecular weight is 429 g/mol. The van der Waals surface area contributed by atoms with Gasteiger partial charge in [-0.1, -0.05) is 13.8 Å². The normalized spacial score (nSPS) is 45.4. The maximum absolute atomic E-state index is 13.3. The zero-order chi connectivity index (χ0) is 21.8. The molecule has 5 rings (SSSR count). The van der Waals surface area contributed by atoms with E-state index >= 15 is 0 Å². The lowest BCUT2D eigenvalue weighted by Gasteiger charge is -2.61. The number of fused-ring (bicyclic) bond motifs is 5. The Morgan fingerprint density at radius 3 is 2.68 bits per heavy atom. The van der Waals surface area contributed by atoms with Crippen LogP contribution in [0.25, 0.3) is 0 Å². The summed E-state index contributed by atoms with van der Waals surface area (Å²) >= 11 is 0. The highest BCUT2D eigenvalue weighted by molar-refractivity contribution is 5.83. The lowest BCUT2D eigenvalue weighted by Crippen LogP contribution is -2.54. The SMILES string of the molecule is COC(O)[C@H]1CC[C@@]2(C)[C@H](CC[C@@H]3[C@@H]2CC[C@]2(C)[C@@H](C(=O)Cc4ncc[nH]4)CC[C@@H]32)C1. The molecule has 0 amide bonds. The molecule has 5 heteroatoms. The molecular formula is C26H40N2O3. The molecule has 4 aliphatic rings. The number of Topliss-reactive ketones (excluding diaryl/α,β-unsaturated/α-hetero) is 1. The molecule has 0 saturated heterocycles. The number of rotatable bonds is 5. The zero-order valence-corrected chi connectivity index (χ0v) is 19.5. The van der Waals surface area contributed by atoms with Gasteiger partial charge >= 0.3 is 0 Å². The average Bonchev–Trinajstić information content (AvgIpc) is 3.39. The molecular weight excluding hydrogens is 388 g/mol. The van der Waals surface area contributed by atoms with Gasteiger partial charge in [0.15, 0.2) is 6.29 Å². The summed E-state index contributed by atoms with van der Waals surface area (Å²) < 4.78 is 5.27. The fraction of sp³-hybridized carbons (Fsp3) is 0.846. The van der Waals surface area contributed by atoms with Gasteiger partial charge < -0.3 is 14.8 Å². The van der Waals surface area contributed by atoms with E-state index in [2.05, 4.69) is 23.8 Å². The molecule has 31 heavy (non-hydrogen) atoms. The molecule has 4 aliphatic carbocycles. The molecule has 0 aliphatic heterocycles. The van der Waals surface area contributed by atoms with Crippen molar-refractivity contribution in [2.45, 2.75) is 84.3 Å². The first-order chi connectivity index (χ1) is 14.9. The Hall–Kier alpha value is -1.20. The van der Waals surface area contributed by atoms with Gasteiger partial charge in [-0.15, -0.1) is 0 Å². The van der Waals surface area contributed by atoms with Gasteiger partial charge in [0.1, 0.15) is 11.6 Å². The highest BCUT2D eigenvalue weighted by Gasteiger charge is 2.61. The third kappa shape index (κ3) is 3.42. The van der Waals surface area contributed by atoms with Gasteiger partial charge in [-0.05, 0) is 92.3 Å². The maximum Gasteiger partial charge on any atom is 0.156 e. The first-order valence-electron chi connectivity index (χ1n) is 12.6. The molecule has 0 radical (unpaired) electrons. The Bertz CT molecular complexity index is 795. The lowest BCUT2D eigenvalue weighted by molar-refractivity contribution is -0.164. The fourth-order valence-electron chi connectivity index (χ4n) is 8.95. The summed E-state index contributed by atoms with van der Waals surface area (Å²) in [6, 6.07) is 0. The van der Waals surface area contributed by atoms with Gasteiger partial charge in [0.2, 0.25) is 0 Å². The molecule has 4 fully saturated rings. The minimum atomic E-state index is -0.604. The maximum atomic E-state index is 13.3. The summed E-state index contributed by atoms with van der Waals surface area (Å²) in [7, 11) is 1.63. The number of imidazole rings is 1. The van der Waals surface area contributed by atoms with Crippen LogP contribution < -0.4 is 0 Å². The van der Waals surface area contributed by atoms with E-state index in [0.717, 1.165) is 36.9 Å². The number of aromatic amines is 1. The number of aromatic nitrogens is 2. The Balaban J connectivity index is 1.32. The number of H-pyrrole nitrogens is 1. The van der Waals surface area contributed by atoms with Crippen molar-refractivity contribution in [1.82, 2.24) is 9.97 Å². The smallest absolute Gasteiger partial charge is 0.156 e. The van der Waals surface area contributed by atoms with Crippen LogP contribution in [0.4, 0.5) is 0 Å². The summed E-state index contributed by atoms with van der Waals surface area (Å²) in [6.07, 6.45) is 14.1. The number of ketones is 1. The lowest BCUT2D eigenvalue weighted by atomic mass is 9.44. The van der Waals surface area contributed by atoms with Crippen LogP contribution in [0.5, 0.6) is 0 Å². The fourth-order valence-corrected chi connectivity index (χ4v) is 8.95. The minimum absolute atomic E-state index is 0.164. The number of nitrogens with zero attached hydrogens (tertiary/aromatic N) is 1. The van der Waals surface area contributed by atoms with E-state index in [1.54, 1.807) is 13.3 Å².